The minimum absolute atomic E-state index is 0.140. The summed E-state index contributed by atoms with van der Waals surface area (Å²) in [5, 5.41) is 7.59. The molecule has 5 heteroatoms. The van der Waals surface area contributed by atoms with Crippen LogP contribution in [-0.2, 0) is 9.59 Å². The molecule has 3 fully saturated rings. The molecule has 2 amide bonds. The van der Waals surface area contributed by atoms with Gasteiger partial charge in [-0.25, -0.2) is 0 Å². The number of carbonyl (C=O) groups excluding carboxylic acids is 2. The fraction of sp³-hybridized carbons (Fsp3) is 0.375. The third-order valence-corrected chi connectivity index (χ3v) is 7.17. The van der Waals surface area contributed by atoms with E-state index in [1.807, 2.05) is 43.3 Å². The predicted molar refractivity (Wildman–Crippen MR) is 109 cm³/mol. The highest BCUT2D eigenvalue weighted by molar-refractivity contribution is 6.08. The Bertz CT molecular complexity index is 1070. The van der Waals surface area contributed by atoms with Crippen LogP contribution in [-0.4, -0.2) is 29.6 Å². The van der Waals surface area contributed by atoms with Gasteiger partial charge in [-0.3, -0.25) is 9.59 Å². The van der Waals surface area contributed by atoms with Crippen molar-refractivity contribution in [2.45, 2.75) is 13.3 Å². The molecule has 4 aliphatic carbocycles. The van der Waals surface area contributed by atoms with E-state index < -0.39 is 0 Å². The fourth-order valence-electron chi connectivity index (χ4n) is 5.86. The molecule has 2 aromatic carbocycles. The summed E-state index contributed by atoms with van der Waals surface area (Å²) in [7, 11) is 0. The smallest absolute Gasteiger partial charge is 0.254 e. The van der Waals surface area contributed by atoms with Gasteiger partial charge in [0.15, 0.2) is 0 Å². The molecule has 0 radical (unpaired) electrons. The summed E-state index contributed by atoms with van der Waals surface area (Å²) in [5.41, 5.74) is 0.796. The van der Waals surface area contributed by atoms with Crippen molar-refractivity contribution in [3.05, 3.63) is 54.1 Å². The highest BCUT2D eigenvalue weighted by Crippen LogP contribution is 2.65. The number of hydrogen-bond donors (Lipinski definition) is 0. The Kier molecular flexibility index (Phi) is 3.52. The van der Waals surface area contributed by atoms with Gasteiger partial charge in [-0.2, -0.15) is 10.1 Å². The largest absolute Gasteiger partial charge is 0.493 e. The number of nitrogens with zero attached hydrogens (tertiary/aromatic N) is 2. The lowest BCUT2D eigenvalue weighted by Crippen LogP contribution is -2.40. The second kappa shape index (κ2) is 6.02. The van der Waals surface area contributed by atoms with E-state index in [9.17, 15) is 9.59 Å². The van der Waals surface area contributed by atoms with Crippen LogP contribution in [0.5, 0.6) is 5.75 Å². The van der Waals surface area contributed by atoms with E-state index in [0.717, 1.165) is 27.8 Å². The van der Waals surface area contributed by atoms with E-state index in [1.54, 1.807) is 6.21 Å². The molecule has 5 nitrogen and oxygen atoms in total. The quantitative estimate of drug-likeness (QED) is 0.458. The Hall–Kier alpha value is -2.95. The fourth-order valence-corrected chi connectivity index (χ4v) is 5.86. The van der Waals surface area contributed by atoms with Crippen LogP contribution in [0, 0.1) is 35.5 Å². The molecule has 1 heterocycles. The second-order valence-corrected chi connectivity index (χ2v) is 8.52. The highest BCUT2D eigenvalue weighted by Gasteiger charge is 2.67. The van der Waals surface area contributed by atoms with Crippen molar-refractivity contribution in [3.8, 4) is 5.75 Å². The molecule has 0 unspecified atom stereocenters. The molecule has 1 saturated heterocycles. The predicted octanol–water partition coefficient (Wildman–Crippen LogP) is 3.63. The zero-order valence-corrected chi connectivity index (χ0v) is 16.2. The van der Waals surface area contributed by atoms with Crippen LogP contribution in [0.15, 0.2) is 53.7 Å². The van der Waals surface area contributed by atoms with Gasteiger partial charge in [0.1, 0.15) is 5.75 Å². The van der Waals surface area contributed by atoms with E-state index >= 15 is 0 Å². The molecule has 2 saturated carbocycles. The molecule has 0 aromatic heterocycles. The van der Waals surface area contributed by atoms with Crippen molar-refractivity contribution in [3.63, 3.8) is 0 Å². The standard InChI is InChI=1S/C24H22N2O3/c1-2-29-20-10-7-13-5-3-4-6-14(13)19(20)12-25-26-23(27)21-15-8-9-16(18-11-17(15)18)22(21)24(26)28/h3-10,12,15-18,21-22H,2,11H2,1H3/b25-12-/t15-,16-,17-,18-,21+,22+/m1/s1. The number of carbonyl (C=O) groups is 2. The summed E-state index contributed by atoms with van der Waals surface area (Å²) in [6.07, 6.45) is 7.13. The maximum atomic E-state index is 13.1. The molecule has 29 heavy (non-hydrogen) atoms. The van der Waals surface area contributed by atoms with E-state index in [-0.39, 0.29) is 35.5 Å². The van der Waals surface area contributed by atoms with Gasteiger partial charge in [-0.1, -0.05) is 42.5 Å². The zero-order chi connectivity index (χ0) is 19.7. The van der Waals surface area contributed by atoms with Gasteiger partial charge in [0.2, 0.25) is 0 Å². The van der Waals surface area contributed by atoms with Crippen LogP contribution in [0.2, 0.25) is 0 Å². The van der Waals surface area contributed by atoms with Gasteiger partial charge in [-0.05, 0) is 53.9 Å². The SMILES string of the molecule is CCOc1ccc2ccccc2c1/C=N\N1C(=O)[C@H]2[C@@H]3C=C[C@H]([C@H]4C[C@H]34)[C@@H]2C1=O. The van der Waals surface area contributed by atoms with Gasteiger partial charge in [0.25, 0.3) is 11.8 Å². The average Bonchev–Trinajstić information content (AvgIpc) is 3.53. The van der Waals surface area contributed by atoms with Crippen LogP contribution in [0.3, 0.4) is 0 Å². The van der Waals surface area contributed by atoms with Crippen LogP contribution in [0.4, 0.5) is 0 Å². The Morgan fingerprint density at radius 2 is 1.72 bits per heavy atom. The normalized spacial score (nSPS) is 34.2. The first kappa shape index (κ1) is 17.0. The van der Waals surface area contributed by atoms with Crippen molar-refractivity contribution in [1.29, 1.82) is 0 Å². The summed E-state index contributed by atoms with van der Waals surface area (Å²) >= 11 is 0. The Morgan fingerprint density at radius 1 is 1.03 bits per heavy atom. The topological polar surface area (TPSA) is 59.0 Å². The van der Waals surface area contributed by atoms with Crippen LogP contribution >= 0.6 is 0 Å². The minimum atomic E-state index is -0.225. The zero-order valence-electron chi connectivity index (χ0n) is 16.2. The molecular formula is C24H22N2O3. The molecule has 0 N–H and O–H groups in total. The number of hydrogen-bond acceptors (Lipinski definition) is 4. The van der Waals surface area contributed by atoms with E-state index in [0.29, 0.717) is 24.2 Å². The summed E-state index contributed by atoms with van der Waals surface area (Å²) in [4.78, 5) is 26.3. The maximum absolute atomic E-state index is 13.1. The molecule has 0 spiro atoms. The van der Waals surface area contributed by atoms with Crippen LogP contribution in [0.1, 0.15) is 18.9 Å². The molecular weight excluding hydrogens is 364 g/mol. The maximum Gasteiger partial charge on any atom is 0.254 e. The number of benzene rings is 2. The molecule has 1 aliphatic heterocycles. The highest BCUT2D eigenvalue weighted by atomic mass is 16.5. The number of fused-ring (bicyclic) bond motifs is 1. The van der Waals surface area contributed by atoms with E-state index in [4.69, 9.17) is 4.74 Å². The van der Waals surface area contributed by atoms with Crippen LogP contribution in [0.25, 0.3) is 10.8 Å². The lowest BCUT2D eigenvalue weighted by atomic mass is 9.63. The van der Waals surface area contributed by atoms with Gasteiger partial charge in [0.05, 0.1) is 24.7 Å². The first-order valence-corrected chi connectivity index (χ1v) is 10.4. The summed E-state index contributed by atoms with van der Waals surface area (Å²) in [6.45, 7) is 2.46. The first-order chi connectivity index (χ1) is 14.2. The van der Waals surface area contributed by atoms with Crippen molar-refractivity contribution in [1.82, 2.24) is 5.01 Å². The number of allylic oxidation sites excluding steroid dienone is 2. The minimum Gasteiger partial charge on any atom is -0.493 e. The third kappa shape index (κ3) is 2.30. The average molecular weight is 386 g/mol. The molecule has 6 atom stereocenters. The number of hydrazone groups is 1. The number of imide groups is 1. The van der Waals surface area contributed by atoms with Gasteiger partial charge in [0, 0.05) is 5.56 Å². The Labute approximate surface area is 169 Å². The van der Waals surface area contributed by atoms with Gasteiger partial charge >= 0.3 is 0 Å². The number of rotatable bonds is 4. The number of ether oxygens (including phenoxy) is 1. The van der Waals surface area contributed by atoms with E-state index in [1.165, 1.54) is 0 Å². The summed E-state index contributed by atoms with van der Waals surface area (Å²) in [5.74, 6) is 1.58. The molecule has 5 aliphatic rings. The lowest BCUT2D eigenvalue weighted by molar-refractivity contribution is -0.140. The van der Waals surface area contributed by atoms with Crippen molar-refractivity contribution >= 4 is 28.8 Å². The van der Waals surface area contributed by atoms with Crippen LogP contribution < -0.4 is 4.74 Å². The summed E-state index contributed by atoms with van der Waals surface area (Å²) in [6, 6.07) is 11.9. The molecule has 2 bridgehead atoms. The van der Waals surface area contributed by atoms with Crippen molar-refractivity contribution in [2.24, 2.45) is 40.6 Å². The Balaban J connectivity index is 1.38. The molecule has 146 valence electrons. The van der Waals surface area contributed by atoms with Crippen molar-refractivity contribution in [2.75, 3.05) is 6.61 Å². The molecule has 2 aromatic rings. The van der Waals surface area contributed by atoms with Crippen molar-refractivity contribution < 1.29 is 14.3 Å². The van der Waals surface area contributed by atoms with Gasteiger partial charge in [-0.15, -0.1) is 0 Å². The second-order valence-electron chi connectivity index (χ2n) is 8.52. The molecule has 7 rings (SSSR count). The first-order valence-electron chi connectivity index (χ1n) is 10.4. The third-order valence-electron chi connectivity index (χ3n) is 7.17. The monoisotopic (exact) mass is 386 g/mol. The van der Waals surface area contributed by atoms with Gasteiger partial charge < -0.3 is 4.74 Å². The Morgan fingerprint density at radius 3 is 2.41 bits per heavy atom. The lowest BCUT2D eigenvalue weighted by Gasteiger charge is -2.37. The number of amides is 2. The summed E-state index contributed by atoms with van der Waals surface area (Å²) < 4.78 is 5.78. The van der Waals surface area contributed by atoms with E-state index in [2.05, 4.69) is 17.3 Å².